The van der Waals surface area contributed by atoms with Gasteiger partial charge in [0.1, 0.15) is 0 Å². The predicted octanol–water partition coefficient (Wildman–Crippen LogP) is 9.65. The van der Waals surface area contributed by atoms with E-state index in [1.807, 2.05) is 12.1 Å². The number of nitrogens with zero attached hydrogens (tertiary/aromatic N) is 1. The van der Waals surface area contributed by atoms with Crippen molar-refractivity contribution in [3.05, 3.63) is 81.9 Å². The average Bonchev–Trinajstić information content (AvgIpc) is 3.34. The molecule has 288 valence electrons. The second-order valence-corrected chi connectivity index (χ2v) is 17.8. The maximum atomic E-state index is 14.4. The number of aliphatic hydroxyl groups excluding tert-OH is 1. The molecule has 0 radical (unpaired) electrons. The first-order valence-electron chi connectivity index (χ1n) is 19.9. The number of benzene rings is 2. The minimum absolute atomic E-state index is 0.0326. The van der Waals surface area contributed by atoms with E-state index in [0.717, 1.165) is 42.5 Å². The minimum Gasteiger partial charge on any atom is -0.450 e. The van der Waals surface area contributed by atoms with Gasteiger partial charge in [-0.25, -0.2) is 4.79 Å². The molecular weight excluding hydrogens is 679 g/mol. The standard InChI is InChI=1S/C44H56F3NO5/c1-4-53-40(51)48(26-42-23-30-17-31(24-42)19-32(18-30)25-42)27-43(52)16-14-38-36-13-11-29(20-35(49)12-10-28(2)7-6-15-41(38,43)3)21-37(36)39(50)33-8-5-9-34(22-33)44(45,46)47/h5,7-9,11,13,21-22,30-32,35,38,49,52H,4,6,10,12,14-20,23-27H2,1-3H3. The summed E-state index contributed by atoms with van der Waals surface area (Å²) in [7, 11) is 0. The number of alkyl halides is 3. The van der Waals surface area contributed by atoms with Crippen LogP contribution in [0.3, 0.4) is 0 Å². The summed E-state index contributed by atoms with van der Waals surface area (Å²) in [6, 6.07) is 10.1. The summed E-state index contributed by atoms with van der Waals surface area (Å²) < 4.78 is 47.0. The van der Waals surface area contributed by atoms with Crippen LogP contribution >= 0.6 is 0 Å². The number of halogens is 3. The summed E-state index contributed by atoms with van der Waals surface area (Å²) in [5, 5.41) is 24.0. The molecule has 9 heteroatoms. The Morgan fingerprint density at radius 2 is 1.66 bits per heavy atom. The van der Waals surface area contributed by atoms with Gasteiger partial charge in [0, 0.05) is 23.1 Å². The summed E-state index contributed by atoms with van der Waals surface area (Å²) in [6.45, 7) is 6.86. The van der Waals surface area contributed by atoms with E-state index in [0.29, 0.717) is 80.4 Å². The summed E-state index contributed by atoms with van der Waals surface area (Å²) in [5.74, 6) is 1.27. The Labute approximate surface area is 312 Å². The largest absolute Gasteiger partial charge is 0.450 e. The van der Waals surface area contributed by atoms with Gasteiger partial charge in [-0.2, -0.15) is 13.2 Å². The first-order valence-corrected chi connectivity index (χ1v) is 19.9. The fraction of sp³-hybridized carbons (Fsp3) is 0.636. The minimum atomic E-state index is -4.61. The van der Waals surface area contributed by atoms with E-state index in [1.54, 1.807) is 17.9 Å². The van der Waals surface area contributed by atoms with Crippen molar-refractivity contribution in [2.45, 2.75) is 128 Å². The summed E-state index contributed by atoms with van der Waals surface area (Å²) in [6.07, 6.45) is 7.40. The van der Waals surface area contributed by atoms with Crippen LogP contribution in [0.15, 0.2) is 54.1 Å². The third-order valence-electron chi connectivity index (χ3n) is 14.0. The number of aliphatic hydroxyl groups is 2. The molecule has 1 amide bonds. The van der Waals surface area contributed by atoms with Crippen LogP contribution in [-0.4, -0.2) is 58.4 Å². The molecule has 7 aliphatic carbocycles. The van der Waals surface area contributed by atoms with Crippen molar-refractivity contribution < 1.29 is 37.7 Å². The second kappa shape index (κ2) is 14.5. The molecule has 6 nitrogen and oxygen atoms in total. The van der Waals surface area contributed by atoms with Crippen LogP contribution in [0.4, 0.5) is 18.0 Å². The van der Waals surface area contributed by atoms with Crippen molar-refractivity contribution in [2.75, 3.05) is 19.7 Å². The fourth-order valence-corrected chi connectivity index (χ4v) is 11.8. The summed E-state index contributed by atoms with van der Waals surface area (Å²) in [5.41, 5.74) is -0.163. The lowest BCUT2D eigenvalue weighted by molar-refractivity contribution is -0.137. The van der Waals surface area contributed by atoms with Gasteiger partial charge in [-0.05, 0) is 156 Å². The Morgan fingerprint density at radius 1 is 0.962 bits per heavy atom. The zero-order valence-corrected chi connectivity index (χ0v) is 31.5. The molecular formula is C44H56F3NO5. The molecule has 0 spiro atoms. The number of allylic oxidation sites excluding steroid dienone is 2. The number of fused-ring (bicyclic) bond motifs is 8. The normalized spacial score (nSPS) is 34.0. The third-order valence-corrected chi connectivity index (χ3v) is 14.0. The Hall–Kier alpha value is -3.17. The Balaban J connectivity index is 1.28. The number of ketones is 1. The Morgan fingerprint density at radius 3 is 2.32 bits per heavy atom. The van der Waals surface area contributed by atoms with Gasteiger partial charge in [-0.1, -0.05) is 42.8 Å². The molecule has 5 saturated carbocycles. The topological polar surface area (TPSA) is 87.1 Å². The molecule has 0 heterocycles. The molecule has 0 aromatic heterocycles. The molecule has 5 fully saturated rings. The van der Waals surface area contributed by atoms with Gasteiger partial charge < -0.3 is 19.8 Å². The van der Waals surface area contributed by atoms with Gasteiger partial charge >= 0.3 is 12.3 Å². The van der Waals surface area contributed by atoms with Gasteiger partial charge in [0.05, 0.1) is 30.4 Å². The monoisotopic (exact) mass is 735 g/mol. The van der Waals surface area contributed by atoms with Crippen molar-refractivity contribution in [1.29, 1.82) is 0 Å². The van der Waals surface area contributed by atoms with Crippen LogP contribution in [0.2, 0.25) is 0 Å². The van der Waals surface area contributed by atoms with Crippen LogP contribution < -0.4 is 0 Å². The molecule has 6 bridgehead atoms. The lowest BCUT2D eigenvalue weighted by Crippen LogP contribution is -2.58. The molecule has 2 aromatic carbocycles. The van der Waals surface area contributed by atoms with Crippen molar-refractivity contribution in [3.8, 4) is 0 Å². The molecule has 9 rings (SSSR count). The van der Waals surface area contributed by atoms with Crippen molar-refractivity contribution in [3.63, 3.8) is 0 Å². The predicted molar refractivity (Wildman–Crippen MR) is 197 cm³/mol. The van der Waals surface area contributed by atoms with Crippen LogP contribution in [0, 0.1) is 28.6 Å². The quantitative estimate of drug-likeness (QED) is 0.219. The van der Waals surface area contributed by atoms with E-state index < -0.39 is 40.7 Å². The maximum Gasteiger partial charge on any atom is 0.416 e. The fourth-order valence-electron chi connectivity index (χ4n) is 11.8. The van der Waals surface area contributed by atoms with Crippen molar-refractivity contribution in [1.82, 2.24) is 4.90 Å². The highest BCUT2D eigenvalue weighted by Gasteiger charge is 2.59. The van der Waals surface area contributed by atoms with E-state index in [-0.39, 0.29) is 30.0 Å². The van der Waals surface area contributed by atoms with Gasteiger partial charge in [-0.3, -0.25) is 4.79 Å². The first-order chi connectivity index (χ1) is 25.1. The number of carbonyl (C=O) groups is 2. The molecule has 4 unspecified atom stereocenters. The van der Waals surface area contributed by atoms with Gasteiger partial charge in [0.15, 0.2) is 5.78 Å². The van der Waals surface area contributed by atoms with E-state index in [4.69, 9.17) is 4.74 Å². The first kappa shape index (κ1) is 38.1. The number of carbonyl (C=O) groups excluding carboxylic acids is 2. The molecule has 2 N–H and O–H groups in total. The van der Waals surface area contributed by atoms with Crippen LogP contribution in [0.25, 0.3) is 0 Å². The van der Waals surface area contributed by atoms with Crippen molar-refractivity contribution in [2.24, 2.45) is 28.6 Å². The molecule has 0 aliphatic heterocycles. The highest BCUT2D eigenvalue weighted by atomic mass is 19.4. The summed E-state index contributed by atoms with van der Waals surface area (Å²) >= 11 is 0. The average molecular weight is 736 g/mol. The Kier molecular flexibility index (Phi) is 10.4. The SMILES string of the molecule is CCOC(=O)N(CC12CC3CC(CC(C3)C1)C2)CC1(O)CCC2c3ccc(cc3C(=O)c3cccc(C(F)(F)F)c3)CC(O)CCC(C)=CCCC21C. The van der Waals surface area contributed by atoms with E-state index >= 15 is 0 Å². The lowest BCUT2D eigenvalue weighted by Gasteiger charge is -2.58. The number of hydrogen-bond acceptors (Lipinski definition) is 5. The zero-order valence-electron chi connectivity index (χ0n) is 31.5. The maximum absolute atomic E-state index is 14.4. The number of ether oxygens (including phenoxy) is 1. The smallest absolute Gasteiger partial charge is 0.416 e. The zero-order chi connectivity index (χ0) is 37.8. The van der Waals surface area contributed by atoms with Crippen molar-refractivity contribution >= 4 is 11.9 Å². The van der Waals surface area contributed by atoms with E-state index in [2.05, 4.69) is 19.9 Å². The molecule has 7 aliphatic rings. The summed E-state index contributed by atoms with van der Waals surface area (Å²) in [4.78, 5) is 30.0. The lowest BCUT2D eigenvalue weighted by atomic mass is 9.49. The number of rotatable bonds is 7. The Bertz CT molecular complexity index is 1700. The highest BCUT2D eigenvalue weighted by Crippen LogP contribution is 2.62. The second-order valence-electron chi connectivity index (χ2n) is 17.8. The van der Waals surface area contributed by atoms with E-state index in [1.165, 1.54) is 31.4 Å². The van der Waals surface area contributed by atoms with Crippen LogP contribution in [-0.2, 0) is 17.3 Å². The van der Waals surface area contributed by atoms with Gasteiger partial charge in [0.2, 0.25) is 0 Å². The highest BCUT2D eigenvalue weighted by molar-refractivity contribution is 6.10. The third kappa shape index (κ3) is 7.58. The van der Waals surface area contributed by atoms with Crippen LogP contribution in [0.1, 0.15) is 136 Å². The molecule has 0 saturated heterocycles. The number of amides is 1. The van der Waals surface area contributed by atoms with Gasteiger partial charge in [-0.15, -0.1) is 0 Å². The molecule has 4 atom stereocenters. The molecule has 2 aromatic rings. The van der Waals surface area contributed by atoms with E-state index in [9.17, 15) is 33.0 Å². The van der Waals surface area contributed by atoms with Gasteiger partial charge in [0.25, 0.3) is 0 Å². The number of hydrogen-bond donors (Lipinski definition) is 2. The van der Waals surface area contributed by atoms with Crippen LogP contribution in [0.5, 0.6) is 0 Å². The molecule has 53 heavy (non-hydrogen) atoms.